The van der Waals surface area contributed by atoms with Crippen LogP contribution in [0.15, 0.2) is 15.9 Å². The Bertz CT molecular complexity index is 555. The Morgan fingerprint density at radius 3 is 2.50 bits per heavy atom. The van der Waals surface area contributed by atoms with Crippen molar-refractivity contribution in [2.75, 3.05) is 13.1 Å². The highest BCUT2D eigenvalue weighted by molar-refractivity contribution is 5.67. The zero-order valence-corrected chi connectivity index (χ0v) is 8.67. The van der Waals surface area contributed by atoms with E-state index in [0.29, 0.717) is 0 Å². The Kier molecular flexibility index (Phi) is 3.16. The third kappa shape index (κ3) is 2.37. The number of imidazole rings is 1. The van der Waals surface area contributed by atoms with E-state index in [1.165, 1.54) is 32.3 Å². The number of H-pyrrole nitrogens is 3. The molecule has 0 radical (unpaired) electrons. The maximum atomic E-state index is 10.9. The van der Waals surface area contributed by atoms with Crippen LogP contribution in [0.1, 0.15) is 12.8 Å². The lowest BCUT2D eigenvalue weighted by molar-refractivity contribution is 0.857. The van der Waals surface area contributed by atoms with Gasteiger partial charge in [0.25, 0.3) is 5.56 Å². The molecule has 0 amide bonds. The molecule has 16 heavy (non-hydrogen) atoms. The highest BCUT2D eigenvalue weighted by Crippen LogP contribution is 1.92. The maximum absolute atomic E-state index is 10.9. The van der Waals surface area contributed by atoms with Crippen molar-refractivity contribution in [3.8, 4) is 0 Å². The minimum absolute atomic E-state index is 0.277. The monoisotopic (exact) mass is 223 g/mol. The second-order valence-corrected chi connectivity index (χ2v) is 3.49. The molecule has 0 spiro atoms. The number of rotatable bonds is 0. The van der Waals surface area contributed by atoms with Crippen molar-refractivity contribution in [2.45, 2.75) is 12.8 Å². The Labute approximate surface area is 90.3 Å². The fourth-order valence-electron chi connectivity index (χ4n) is 1.49. The summed E-state index contributed by atoms with van der Waals surface area (Å²) < 4.78 is 0. The van der Waals surface area contributed by atoms with Gasteiger partial charge in [-0.15, -0.1) is 0 Å². The van der Waals surface area contributed by atoms with Crippen molar-refractivity contribution in [1.82, 2.24) is 25.3 Å². The lowest BCUT2D eigenvalue weighted by Gasteiger charge is -1.83. The number of nitrogens with zero attached hydrogens (tertiary/aromatic N) is 1. The van der Waals surface area contributed by atoms with Gasteiger partial charge in [0.05, 0.1) is 6.33 Å². The quantitative estimate of drug-likeness (QED) is 0.474. The van der Waals surface area contributed by atoms with Crippen LogP contribution in [-0.4, -0.2) is 33.0 Å². The van der Waals surface area contributed by atoms with Gasteiger partial charge in [-0.3, -0.25) is 14.8 Å². The topological polar surface area (TPSA) is 106 Å². The molecule has 0 bridgehead atoms. The van der Waals surface area contributed by atoms with Crippen molar-refractivity contribution < 1.29 is 0 Å². The van der Waals surface area contributed by atoms with Gasteiger partial charge in [0.2, 0.25) is 0 Å². The molecule has 7 heteroatoms. The van der Waals surface area contributed by atoms with Gasteiger partial charge in [-0.25, -0.2) is 9.78 Å². The smallest absolute Gasteiger partial charge is 0.327 e. The van der Waals surface area contributed by atoms with E-state index in [1.807, 2.05) is 0 Å². The molecule has 2 aromatic heterocycles. The third-order valence-electron chi connectivity index (χ3n) is 2.28. The molecule has 0 saturated carbocycles. The molecule has 3 heterocycles. The van der Waals surface area contributed by atoms with Crippen LogP contribution in [0, 0.1) is 0 Å². The SMILES string of the molecule is C1CCNC1.O=c1[nH]c(=O)c2[nH]cnc2[nH]1. The first-order valence-electron chi connectivity index (χ1n) is 5.14. The molecule has 0 atom stereocenters. The highest BCUT2D eigenvalue weighted by Gasteiger charge is 1.99. The van der Waals surface area contributed by atoms with E-state index < -0.39 is 11.2 Å². The van der Waals surface area contributed by atoms with Gasteiger partial charge in [0.1, 0.15) is 5.52 Å². The van der Waals surface area contributed by atoms with Crippen LogP contribution in [-0.2, 0) is 0 Å². The maximum Gasteiger partial charge on any atom is 0.327 e. The zero-order valence-electron chi connectivity index (χ0n) is 8.67. The molecular weight excluding hydrogens is 210 g/mol. The van der Waals surface area contributed by atoms with Crippen molar-refractivity contribution in [1.29, 1.82) is 0 Å². The van der Waals surface area contributed by atoms with Gasteiger partial charge in [0, 0.05) is 0 Å². The minimum Gasteiger partial charge on any atom is -0.339 e. The molecule has 0 aromatic carbocycles. The second-order valence-electron chi connectivity index (χ2n) is 3.49. The first-order valence-corrected chi connectivity index (χ1v) is 5.14. The molecule has 1 aliphatic heterocycles. The first kappa shape index (κ1) is 10.6. The summed E-state index contributed by atoms with van der Waals surface area (Å²) in [5.74, 6) is 0. The van der Waals surface area contributed by atoms with E-state index in [9.17, 15) is 9.59 Å². The predicted octanol–water partition coefficient (Wildman–Crippen LogP) is -0.691. The summed E-state index contributed by atoms with van der Waals surface area (Å²) in [4.78, 5) is 32.3. The molecule has 3 rings (SSSR count). The number of nitrogens with one attached hydrogen (secondary N) is 4. The van der Waals surface area contributed by atoms with Crippen LogP contribution in [0.3, 0.4) is 0 Å². The molecule has 1 saturated heterocycles. The largest absolute Gasteiger partial charge is 0.339 e. The van der Waals surface area contributed by atoms with E-state index in [-0.39, 0.29) is 11.2 Å². The van der Waals surface area contributed by atoms with Crippen LogP contribution >= 0.6 is 0 Å². The molecular formula is C9H13N5O2. The average molecular weight is 223 g/mol. The fourth-order valence-corrected chi connectivity index (χ4v) is 1.49. The number of fused-ring (bicyclic) bond motifs is 1. The standard InChI is InChI=1S/C5H4N4O2.C4H9N/c10-4-2-3(7-1-6-2)8-5(11)9-4;1-2-4-5-3-1/h1H,(H3,6,7,8,9,10,11);5H,1-4H2. The molecule has 7 nitrogen and oxygen atoms in total. The number of aromatic nitrogens is 4. The predicted molar refractivity (Wildman–Crippen MR) is 59.4 cm³/mol. The van der Waals surface area contributed by atoms with E-state index in [0.717, 1.165) is 0 Å². The summed E-state index contributed by atoms with van der Waals surface area (Å²) in [6.07, 6.45) is 4.12. The minimum atomic E-state index is -0.547. The molecule has 1 fully saturated rings. The van der Waals surface area contributed by atoms with Crippen molar-refractivity contribution in [2.24, 2.45) is 0 Å². The van der Waals surface area contributed by atoms with Crippen molar-refractivity contribution in [3.63, 3.8) is 0 Å². The van der Waals surface area contributed by atoms with Gasteiger partial charge < -0.3 is 10.3 Å². The Morgan fingerprint density at radius 2 is 1.88 bits per heavy atom. The average Bonchev–Trinajstić information content (AvgIpc) is 2.90. The van der Waals surface area contributed by atoms with Crippen LogP contribution in [0.25, 0.3) is 11.2 Å². The fraction of sp³-hybridized carbons (Fsp3) is 0.444. The van der Waals surface area contributed by atoms with E-state index in [2.05, 4.69) is 25.3 Å². The molecule has 4 N–H and O–H groups in total. The molecule has 0 aliphatic carbocycles. The van der Waals surface area contributed by atoms with Crippen LogP contribution in [0.5, 0.6) is 0 Å². The van der Waals surface area contributed by atoms with Gasteiger partial charge in [-0.2, -0.15) is 0 Å². The highest BCUT2D eigenvalue weighted by atomic mass is 16.2. The van der Waals surface area contributed by atoms with Crippen LogP contribution in [0.4, 0.5) is 0 Å². The summed E-state index contributed by atoms with van der Waals surface area (Å²) in [5.41, 5.74) is -0.445. The number of hydrogen-bond donors (Lipinski definition) is 4. The van der Waals surface area contributed by atoms with Gasteiger partial charge in [-0.05, 0) is 25.9 Å². The Morgan fingerprint density at radius 1 is 1.12 bits per heavy atom. The summed E-state index contributed by atoms with van der Waals surface area (Å²) in [5, 5.41) is 3.22. The Balaban J connectivity index is 0.000000162. The van der Waals surface area contributed by atoms with Gasteiger partial charge >= 0.3 is 5.69 Å². The number of hydrogen-bond acceptors (Lipinski definition) is 4. The summed E-state index contributed by atoms with van der Waals surface area (Å²) in [6.45, 7) is 2.50. The molecule has 2 aromatic rings. The van der Waals surface area contributed by atoms with E-state index in [1.54, 1.807) is 0 Å². The van der Waals surface area contributed by atoms with E-state index >= 15 is 0 Å². The van der Waals surface area contributed by atoms with Gasteiger partial charge in [0.15, 0.2) is 5.65 Å². The summed E-state index contributed by atoms with van der Waals surface area (Å²) in [7, 11) is 0. The normalized spacial score (nSPS) is 14.8. The van der Waals surface area contributed by atoms with Crippen molar-refractivity contribution >= 4 is 11.2 Å². The third-order valence-corrected chi connectivity index (χ3v) is 2.28. The van der Waals surface area contributed by atoms with Gasteiger partial charge in [-0.1, -0.05) is 0 Å². The van der Waals surface area contributed by atoms with Crippen LogP contribution in [0.2, 0.25) is 0 Å². The molecule has 1 aliphatic rings. The second kappa shape index (κ2) is 4.75. The lowest BCUT2D eigenvalue weighted by Crippen LogP contribution is -2.21. The zero-order chi connectivity index (χ0) is 11.4. The molecule has 86 valence electrons. The summed E-state index contributed by atoms with van der Waals surface area (Å²) >= 11 is 0. The Hall–Kier alpha value is -1.89. The summed E-state index contributed by atoms with van der Waals surface area (Å²) in [6, 6.07) is 0. The number of aromatic amines is 3. The first-order chi connectivity index (χ1) is 7.77. The molecule has 0 unspecified atom stereocenters. The van der Waals surface area contributed by atoms with Crippen LogP contribution < -0.4 is 16.6 Å². The van der Waals surface area contributed by atoms with Crippen molar-refractivity contribution in [3.05, 3.63) is 27.2 Å². The van der Waals surface area contributed by atoms with E-state index in [4.69, 9.17) is 0 Å². The lowest BCUT2D eigenvalue weighted by atomic mass is 10.4.